The summed E-state index contributed by atoms with van der Waals surface area (Å²) < 4.78 is 30.0. The lowest BCUT2D eigenvalue weighted by Gasteiger charge is -2.21. The minimum atomic E-state index is -1.24. The maximum absolute atomic E-state index is 14.7. The first-order valence-corrected chi connectivity index (χ1v) is 8.23. The van der Waals surface area contributed by atoms with Crippen LogP contribution in [0, 0.1) is 11.8 Å². The molecule has 1 N–H and O–H groups in total. The Bertz CT molecular complexity index is 961. The van der Waals surface area contributed by atoms with E-state index in [1.807, 2.05) is 13.8 Å². The van der Waals surface area contributed by atoms with Gasteiger partial charge in [0.1, 0.15) is 16.9 Å². The summed E-state index contributed by atoms with van der Waals surface area (Å²) in [6.07, 6.45) is 1.19. The fourth-order valence-corrected chi connectivity index (χ4v) is 3.11. The standard InChI is InChI=1S/C18H18ClF2N3O/c1-9(2)24-14-6-10(11-7-15(21)22-8-12(11)19)5-13(20)16(14)23-17(24)18(3,4)25/h5-9,25H,1-4H3. The van der Waals surface area contributed by atoms with Gasteiger partial charge < -0.3 is 9.67 Å². The summed E-state index contributed by atoms with van der Waals surface area (Å²) in [5.41, 5.74) is 0.184. The molecule has 0 aliphatic heterocycles. The largest absolute Gasteiger partial charge is 0.383 e. The fourth-order valence-electron chi connectivity index (χ4n) is 2.90. The molecule has 0 unspecified atom stereocenters. The van der Waals surface area contributed by atoms with Gasteiger partial charge in [0.05, 0.1) is 10.5 Å². The Morgan fingerprint density at radius 2 is 1.88 bits per heavy atom. The van der Waals surface area contributed by atoms with Crippen LogP contribution in [0.5, 0.6) is 0 Å². The molecule has 0 amide bonds. The highest BCUT2D eigenvalue weighted by molar-refractivity contribution is 6.33. The average molecular weight is 366 g/mol. The highest BCUT2D eigenvalue weighted by Gasteiger charge is 2.27. The predicted molar refractivity (Wildman–Crippen MR) is 93.5 cm³/mol. The summed E-state index contributed by atoms with van der Waals surface area (Å²) >= 11 is 6.10. The summed E-state index contributed by atoms with van der Waals surface area (Å²) in [5.74, 6) is -0.902. The molecule has 25 heavy (non-hydrogen) atoms. The Balaban J connectivity index is 2.36. The number of benzene rings is 1. The van der Waals surface area contributed by atoms with Crippen LogP contribution < -0.4 is 0 Å². The minimum absolute atomic E-state index is 0.0641. The molecule has 0 aliphatic carbocycles. The molecule has 132 valence electrons. The predicted octanol–water partition coefficient (Wildman–Crippen LogP) is 4.84. The van der Waals surface area contributed by atoms with Crippen LogP contribution in [0.4, 0.5) is 8.78 Å². The van der Waals surface area contributed by atoms with Gasteiger partial charge in [-0.05, 0) is 45.4 Å². The van der Waals surface area contributed by atoms with Gasteiger partial charge in [0.25, 0.3) is 0 Å². The van der Waals surface area contributed by atoms with Crippen molar-refractivity contribution in [3.63, 3.8) is 0 Å². The van der Waals surface area contributed by atoms with Gasteiger partial charge in [-0.25, -0.2) is 14.4 Å². The molecule has 0 radical (unpaired) electrons. The fraction of sp³-hybridized carbons (Fsp3) is 0.333. The highest BCUT2D eigenvalue weighted by atomic mass is 35.5. The van der Waals surface area contributed by atoms with Gasteiger partial charge in [-0.3, -0.25) is 0 Å². The van der Waals surface area contributed by atoms with Gasteiger partial charge in [-0.2, -0.15) is 4.39 Å². The van der Waals surface area contributed by atoms with Crippen molar-refractivity contribution in [1.29, 1.82) is 0 Å². The number of hydrogen-bond acceptors (Lipinski definition) is 3. The second-order valence-electron chi connectivity index (χ2n) is 6.77. The van der Waals surface area contributed by atoms with Gasteiger partial charge in [0, 0.05) is 23.9 Å². The zero-order valence-electron chi connectivity index (χ0n) is 14.3. The first-order chi connectivity index (χ1) is 11.6. The number of fused-ring (bicyclic) bond motifs is 1. The van der Waals surface area contributed by atoms with Crippen molar-refractivity contribution in [2.24, 2.45) is 0 Å². The minimum Gasteiger partial charge on any atom is -0.383 e. The monoisotopic (exact) mass is 365 g/mol. The molecule has 0 fully saturated rings. The Hall–Kier alpha value is -2.05. The molecule has 0 bridgehead atoms. The lowest BCUT2D eigenvalue weighted by Crippen LogP contribution is -2.23. The van der Waals surface area contributed by atoms with E-state index >= 15 is 0 Å². The zero-order valence-corrected chi connectivity index (χ0v) is 15.1. The van der Waals surface area contributed by atoms with Crippen molar-refractivity contribution >= 4 is 22.6 Å². The second kappa shape index (κ2) is 6.04. The van der Waals surface area contributed by atoms with Gasteiger partial charge in [-0.15, -0.1) is 0 Å². The summed E-state index contributed by atoms with van der Waals surface area (Å²) in [6.45, 7) is 7.03. The van der Waals surface area contributed by atoms with E-state index in [4.69, 9.17) is 11.6 Å². The van der Waals surface area contributed by atoms with Crippen LogP contribution in [-0.4, -0.2) is 19.6 Å². The smallest absolute Gasteiger partial charge is 0.213 e. The summed E-state index contributed by atoms with van der Waals surface area (Å²) in [5, 5.41) is 10.6. The first-order valence-electron chi connectivity index (χ1n) is 7.85. The maximum Gasteiger partial charge on any atom is 0.213 e. The Morgan fingerprint density at radius 3 is 2.48 bits per heavy atom. The van der Waals surface area contributed by atoms with E-state index < -0.39 is 17.4 Å². The molecule has 0 saturated carbocycles. The number of hydrogen-bond donors (Lipinski definition) is 1. The molecule has 2 heterocycles. The van der Waals surface area contributed by atoms with E-state index in [9.17, 15) is 13.9 Å². The van der Waals surface area contributed by atoms with Crippen LogP contribution >= 0.6 is 11.6 Å². The molecule has 7 heteroatoms. The van der Waals surface area contributed by atoms with E-state index in [0.717, 1.165) is 6.07 Å². The van der Waals surface area contributed by atoms with E-state index in [0.29, 0.717) is 22.5 Å². The molecule has 1 aromatic carbocycles. The molecule has 0 aliphatic rings. The summed E-state index contributed by atoms with van der Waals surface area (Å²) in [7, 11) is 0. The Kier molecular flexibility index (Phi) is 4.29. The zero-order chi connectivity index (χ0) is 18.5. The van der Waals surface area contributed by atoms with Crippen molar-refractivity contribution in [2.45, 2.75) is 39.3 Å². The van der Waals surface area contributed by atoms with Crippen LogP contribution in [0.1, 0.15) is 39.6 Å². The van der Waals surface area contributed by atoms with Crippen LogP contribution in [0.2, 0.25) is 5.02 Å². The normalized spacial score (nSPS) is 12.4. The van der Waals surface area contributed by atoms with Crippen LogP contribution in [0.15, 0.2) is 24.4 Å². The van der Waals surface area contributed by atoms with E-state index in [-0.39, 0.29) is 16.6 Å². The number of rotatable bonds is 3. The first kappa shape index (κ1) is 17.8. The van der Waals surface area contributed by atoms with Crippen LogP contribution in [0.25, 0.3) is 22.2 Å². The highest BCUT2D eigenvalue weighted by Crippen LogP contribution is 2.35. The third-order valence-corrected chi connectivity index (χ3v) is 4.25. The second-order valence-corrected chi connectivity index (χ2v) is 7.18. The Morgan fingerprint density at radius 1 is 1.20 bits per heavy atom. The summed E-state index contributed by atoms with van der Waals surface area (Å²) in [4.78, 5) is 7.79. The maximum atomic E-state index is 14.7. The van der Waals surface area contributed by atoms with Gasteiger partial charge >= 0.3 is 0 Å². The number of aromatic nitrogens is 3. The third-order valence-electron chi connectivity index (χ3n) is 3.95. The van der Waals surface area contributed by atoms with Crippen LogP contribution in [0.3, 0.4) is 0 Å². The third kappa shape index (κ3) is 3.12. The number of nitrogens with zero attached hydrogens (tertiary/aromatic N) is 3. The summed E-state index contributed by atoms with van der Waals surface area (Å²) in [6, 6.07) is 4.05. The molecule has 3 aromatic rings. The number of halogens is 3. The number of imidazole rings is 1. The van der Waals surface area contributed by atoms with Gasteiger partial charge in [-0.1, -0.05) is 11.6 Å². The van der Waals surface area contributed by atoms with Crippen LogP contribution in [-0.2, 0) is 5.60 Å². The number of pyridine rings is 1. The average Bonchev–Trinajstić information content (AvgIpc) is 2.90. The van der Waals surface area contributed by atoms with E-state index in [1.165, 1.54) is 12.3 Å². The van der Waals surface area contributed by atoms with Crippen molar-refractivity contribution < 1.29 is 13.9 Å². The molecule has 0 saturated heterocycles. The van der Waals surface area contributed by atoms with Crippen molar-refractivity contribution in [2.75, 3.05) is 0 Å². The van der Waals surface area contributed by atoms with Gasteiger partial charge in [0.15, 0.2) is 5.82 Å². The van der Waals surface area contributed by atoms with Crippen molar-refractivity contribution in [1.82, 2.24) is 14.5 Å². The van der Waals surface area contributed by atoms with Crippen molar-refractivity contribution in [3.05, 3.63) is 47.0 Å². The lowest BCUT2D eigenvalue weighted by molar-refractivity contribution is 0.0641. The molecule has 3 rings (SSSR count). The van der Waals surface area contributed by atoms with E-state index in [2.05, 4.69) is 9.97 Å². The van der Waals surface area contributed by atoms with E-state index in [1.54, 1.807) is 24.5 Å². The Labute approximate surface area is 149 Å². The molecule has 0 spiro atoms. The molecule has 2 aromatic heterocycles. The van der Waals surface area contributed by atoms with Gasteiger partial charge in [0.2, 0.25) is 5.95 Å². The molecular formula is C18H18ClF2N3O. The molecule has 4 nitrogen and oxygen atoms in total. The molecule has 0 atom stereocenters. The topological polar surface area (TPSA) is 50.9 Å². The molecular weight excluding hydrogens is 348 g/mol. The van der Waals surface area contributed by atoms with Crippen molar-refractivity contribution in [3.8, 4) is 11.1 Å². The lowest BCUT2D eigenvalue weighted by atomic mass is 10.1. The quantitative estimate of drug-likeness (QED) is 0.676. The number of aliphatic hydroxyl groups is 1. The SMILES string of the molecule is CC(C)n1c(C(C)(C)O)nc2c(F)cc(-c3cc(F)ncc3Cl)cc21.